The van der Waals surface area contributed by atoms with Crippen LogP contribution >= 0.6 is 0 Å². The molecular weight excluding hydrogens is 230 g/mol. The van der Waals surface area contributed by atoms with Crippen LogP contribution in [0.1, 0.15) is 90.9 Å². The SMILES string of the molecule is C=C1C[C@H](CCCCCCCCCCC)N[C@H](C)C1. The Bertz CT molecular complexity index is 234. The third-order valence-corrected chi connectivity index (χ3v) is 4.31. The molecule has 0 radical (unpaired) electrons. The van der Waals surface area contributed by atoms with Gasteiger partial charge in [-0.15, -0.1) is 0 Å². The van der Waals surface area contributed by atoms with Crippen LogP contribution < -0.4 is 5.32 Å². The van der Waals surface area contributed by atoms with Gasteiger partial charge in [-0.2, -0.15) is 0 Å². The van der Waals surface area contributed by atoms with E-state index < -0.39 is 0 Å². The third-order valence-electron chi connectivity index (χ3n) is 4.31. The molecule has 0 spiro atoms. The van der Waals surface area contributed by atoms with E-state index in [0.29, 0.717) is 12.1 Å². The van der Waals surface area contributed by atoms with E-state index in [9.17, 15) is 0 Å². The van der Waals surface area contributed by atoms with Crippen LogP contribution in [0.4, 0.5) is 0 Å². The average molecular weight is 265 g/mol. The summed E-state index contributed by atoms with van der Waals surface area (Å²) < 4.78 is 0. The standard InChI is InChI=1S/C18H35N/c1-4-5-6-7-8-9-10-11-12-13-18-15-16(2)14-17(3)19-18/h17-19H,2,4-15H2,1,3H3/t17-,18+/m1/s1. The minimum Gasteiger partial charge on any atom is -0.311 e. The van der Waals surface area contributed by atoms with E-state index >= 15 is 0 Å². The van der Waals surface area contributed by atoms with E-state index in [1.807, 2.05) is 0 Å². The summed E-state index contributed by atoms with van der Waals surface area (Å²) in [6.07, 6.45) is 16.6. The van der Waals surface area contributed by atoms with Crippen LogP contribution in [0.3, 0.4) is 0 Å². The maximum absolute atomic E-state index is 4.17. The van der Waals surface area contributed by atoms with Gasteiger partial charge in [-0.1, -0.05) is 76.9 Å². The lowest BCUT2D eigenvalue weighted by Crippen LogP contribution is -2.41. The smallest absolute Gasteiger partial charge is 0.0107 e. The Balaban J connectivity index is 1.89. The van der Waals surface area contributed by atoms with Gasteiger partial charge in [-0.25, -0.2) is 0 Å². The van der Waals surface area contributed by atoms with Crippen molar-refractivity contribution >= 4 is 0 Å². The van der Waals surface area contributed by atoms with Gasteiger partial charge in [0.15, 0.2) is 0 Å². The molecule has 2 atom stereocenters. The van der Waals surface area contributed by atoms with Gasteiger partial charge in [-0.05, 0) is 26.2 Å². The Hall–Kier alpha value is -0.300. The van der Waals surface area contributed by atoms with Crippen molar-refractivity contribution in [3.05, 3.63) is 12.2 Å². The van der Waals surface area contributed by atoms with Gasteiger partial charge in [0, 0.05) is 12.1 Å². The molecule has 0 aromatic rings. The molecule has 1 saturated heterocycles. The summed E-state index contributed by atoms with van der Waals surface area (Å²) >= 11 is 0. The summed E-state index contributed by atoms with van der Waals surface area (Å²) in [5.74, 6) is 0. The molecule has 0 aliphatic carbocycles. The number of hydrogen-bond donors (Lipinski definition) is 1. The second-order valence-corrected chi connectivity index (χ2v) is 6.54. The topological polar surface area (TPSA) is 12.0 Å². The highest BCUT2D eigenvalue weighted by Gasteiger charge is 2.19. The Morgan fingerprint density at radius 2 is 1.53 bits per heavy atom. The second-order valence-electron chi connectivity index (χ2n) is 6.54. The fraction of sp³-hybridized carbons (Fsp3) is 0.889. The van der Waals surface area contributed by atoms with Gasteiger partial charge in [0.1, 0.15) is 0 Å². The molecule has 1 fully saturated rings. The molecule has 0 amide bonds. The predicted octanol–water partition coefficient (Wildman–Crippen LogP) is 5.60. The zero-order chi connectivity index (χ0) is 13.9. The summed E-state index contributed by atoms with van der Waals surface area (Å²) in [6.45, 7) is 8.74. The van der Waals surface area contributed by atoms with Gasteiger partial charge in [0.2, 0.25) is 0 Å². The minimum absolute atomic E-state index is 0.643. The summed E-state index contributed by atoms with van der Waals surface area (Å²) in [6, 6.07) is 1.35. The first kappa shape index (κ1) is 16.8. The molecule has 1 aliphatic rings. The van der Waals surface area contributed by atoms with E-state index in [-0.39, 0.29) is 0 Å². The van der Waals surface area contributed by atoms with Crippen molar-refractivity contribution < 1.29 is 0 Å². The van der Waals surface area contributed by atoms with Crippen LogP contribution in [0.2, 0.25) is 0 Å². The molecule has 1 rings (SSSR count). The quantitative estimate of drug-likeness (QED) is 0.400. The number of rotatable bonds is 10. The van der Waals surface area contributed by atoms with Crippen molar-refractivity contribution in [3.8, 4) is 0 Å². The van der Waals surface area contributed by atoms with Crippen molar-refractivity contribution in [1.29, 1.82) is 0 Å². The molecule has 0 aromatic heterocycles. The predicted molar refractivity (Wildman–Crippen MR) is 86.6 cm³/mol. The Morgan fingerprint density at radius 3 is 2.11 bits per heavy atom. The van der Waals surface area contributed by atoms with Crippen molar-refractivity contribution in [2.75, 3.05) is 0 Å². The lowest BCUT2D eigenvalue weighted by molar-refractivity contribution is 0.363. The van der Waals surface area contributed by atoms with E-state index in [0.717, 1.165) is 0 Å². The molecule has 1 aliphatic heterocycles. The molecule has 19 heavy (non-hydrogen) atoms. The highest BCUT2D eigenvalue weighted by molar-refractivity contribution is 5.04. The third kappa shape index (κ3) is 8.47. The molecular formula is C18H35N. The first-order valence-electron chi connectivity index (χ1n) is 8.65. The van der Waals surface area contributed by atoms with Crippen LogP contribution in [0.15, 0.2) is 12.2 Å². The number of hydrogen-bond acceptors (Lipinski definition) is 1. The van der Waals surface area contributed by atoms with Crippen molar-refractivity contribution in [2.45, 2.75) is 103 Å². The van der Waals surface area contributed by atoms with Crippen molar-refractivity contribution in [2.24, 2.45) is 0 Å². The number of unbranched alkanes of at least 4 members (excludes halogenated alkanes) is 8. The summed E-state index contributed by atoms with van der Waals surface area (Å²) in [5, 5.41) is 3.71. The molecule has 1 N–H and O–H groups in total. The fourth-order valence-electron chi connectivity index (χ4n) is 3.27. The molecule has 112 valence electrons. The van der Waals surface area contributed by atoms with Gasteiger partial charge in [0.05, 0.1) is 0 Å². The normalized spacial score (nSPS) is 23.8. The maximum atomic E-state index is 4.17. The van der Waals surface area contributed by atoms with Gasteiger partial charge < -0.3 is 5.32 Å². The van der Waals surface area contributed by atoms with Crippen LogP contribution in [0.5, 0.6) is 0 Å². The molecule has 1 heteroatoms. The molecule has 1 heterocycles. The largest absolute Gasteiger partial charge is 0.311 e. The molecule has 0 unspecified atom stereocenters. The summed E-state index contributed by atoms with van der Waals surface area (Å²) in [7, 11) is 0. The zero-order valence-corrected chi connectivity index (χ0v) is 13.3. The summed E-state index contributed by atoms with van der Waals surface area (Å²) in [4.78, 5) is 0. The van der Waals surface area contributed by atoms with E-state index in [1.165, 1.54) is 82.6 Å². The van der Waals surface area contributed by atoms with Crippen LogP contribution in [-0.2, 0) is 0 Å². The monoisotopic (exact) mass is 265 g/mol. The zero-order valence-electron chi connectivity index (χ0n) is 13.3. The lowest BCUT2D eigenvalue weighted by Gasteiger charge is -2.30. The molecule has 1 nitrogen and oxygen atoms in total. The fourth-order valence-corrected chi connectivity index (χ4v) is 3.27. The van der Waals surface area contributed by atoms with Crippen LogP contribution in [0.25, 0.3) is 0 Å². The highest BCUT2D eigenvalue weighted by Crippen LogP contribution is 2.21. The van der Waals surface area contributed by atoms with Gasteiger partial charge >= 0.3 is 0 Å². The first-order valence-corrected chi connectivity index (χ1v) is 8.65. The maximum Gasteiger partial charge on any atom is 0.0107 e. The molecule has 0 saturated carbocycles. The highest BCUT2D eigenvalue weighted by atomic mass is 15.0. The van der Waals surface area contributed by atoms with Crippen LogP contribution in [0, 0.1) is 0 Å². The lowest BCUT2D eigenvalue weighted by atomic mass is 9.92. The minimum atomic E-state index is 0.643. The number of nitrogens with one attached hydrogen (secondary N) is 1. The summed E-state index contributed by atoms with van der Waals surface area (Å²) in [5.41, 5.74) is 1.45. The average Bonchev–Trinajstić information content (AvgIpc) is 2.36. The second kappa shape index (κ2) is 10.5. The van der Waals surface area contributed by atoms with Crippen molar-refractivity contribution in [3.63, 3.8) is 0 Å². The van der Waals surface area contributed by atoms with Crippen molar-refractivity contribution in [1.82, 2.24) is 5.32 Å². The molecule has 0 aromatic carbocycles. The Morgan fingerprint density at radius 1 is 0.947 bits per heavy atom. The van der Waals surface area contributed by atoms with Gasteiger partial charge in [-0.3, -0.25) is 0 Å². The van der Waals surface area contributed by atoms with E-state index in [2.05, 4.69) is 25.7 Å². The van der Waals surface area contributed by atoms with E-state index in [4.69, 9.17) is 0 Å². The molecule has 0 bridgehead atoms. The van der Waals surface area contributed by atoms with Gasteiger partial charge in [0.25, 0.3) is 0 Å². The number of piperidine rings is 1. The first-order chi connectivity index (χ1) is 9.22. The van der Waals surface area contributed by atoms with E-state index in [1.54, 1.807) is 0 Å². The van der Waals surface area contributed by atoms with Crippen LogP contribution in [-0.4, -0.2) is 12.1 Å². The Kier molecular flexibility index (Phi) is 9.24. The Labute approximate surface area is 121 Å².